The zero-order valence-electron chi connectivity index (χ0n) is 19.2. The highest BCUT2D eigenvalue weighted by Gasteiger charge is 2.24. The van der Waals surface area contributed by atoms with Crippen molar-refractivity contribution >= 4 is 11.8 Å². The summed E-state index contributed by atoms with van der Waals surface area (Å²) in [5.41, 5.74) is 2.84. The number of benzene rings is 2. The van der Waals surface area contributed by atoms with E-state index in [4.69, 9.17) is 0 Å². The SMILES string of the molecule is CC(C)c1ccc(C(=O)N2CCN(C(=O)CCCn3nnc(-c4ccccc4)n3)CC2)cc1. The minimum Gasteiger partial charge on any atom is -0.339 e. The third-order valence-electron chi connectivity index (χ3n) is 5.98. The molecule has 0 unspecified atom stereocenters. The number of nitrogens with zero attached hydrogens (tertiary/aromatic N) is 6. The highest BCUT2D eigenvalue weighted by atomic mass is 16.2. The molecule has 0 radical (unpaired) electrons. The van der Waals surface area contributed by atoms with Crippen molar-refractivity contribution in [3.63, 3.8) is 0 Å². The third-order valence-corrected chi connectivity index (χ3v) is 5.98. The number of rotatable bonds is 7. The van der Waals surface area contributed by atoms with Crippen molar-refractivity contribution in [1.82, 2.24) is 30.0 Å². The number of piperazine rings is 1. The van der Waals surface area contributed by atoms with Crippen LogP contribution in [0.25, 0.3) is 11.4 Å². The van der Waals surface area contributed by atoms with Gasteiger partial charge in [-0.1, -0.05) is 56.3 Å². The predicted molar refractivity (Wildman–Crippen MR) is 126 cm³/mol. The molecule has 8 heteroatoms. The van der Waals surface area contributed by atoms with Crippen LogP contribution in [0.5, 0.6) is 0 Å². The van der Waals surface area contributed by atoms with E-state index in [9.17, 15) is 9.59 Å². The van der Waals surface area contributed by atoms with Crippen LogP contribution in [0.15, 0.2) is 54.6 Å². The van der Waals surface area contributed by atoms with Gasteiger partial charge in [0.05, 0.1) is 6.54 Å². The van der Waals surface area contributed by atoms with Gasteiger partial charge in [0.2, 0.25) is 11.7 Å². The van der Waals surface area contributed by atoms with Crippen molar-refractivity contribution in [3.8, 4) is 11.4 Å². The molecule has 1 aromatic heterocycles. The molecule has 0 atom stereocenters. The summed E-state index contributed by atoms with van der Waals surface area (Å²) < 4.78 is 0. The van der Waals surface area contributed by atoms with Crippen molar-refractivity contribution in [2.24, 2.45) is 0 Å². The largest absolute Gasteiger partial charge is 0.339 e. The minimum absolute atomic E-state index is 0.0314. The third kappa shape index (κ3) is 5.63. The molecule has 1 aliphatic rings. The van der Waals surface area contributed by atoms with Gasteiger partial charge in [-0.25, -0.2) is 0 Å². The quantitative estimate of drug-likeness (QED) is 0.556. The Morgan fingerprint density at radius 3 is 2.24 bits per heavy atom. The van der Waals surface area contributed by atoms with Gasteiger partial charge in [0.25, 0.3) is 5.91 Å². The lowest BCUT2D eigenvalue weighted by atomic mass is 10.0. The smallest absolute Gasteiger partial charge is 0.253 e. The van der Waals surface area contributed by atoms with Gasteiger partial charge in [-0.05, 0) is 35.2 Å². The van der Waals surface area contributed by atoms with E-state index < -0.39 is 0 Å². The minimum atomic E-state index is 0.0314. The monoisotopic (exact) mass is 446 g/mol. The van der Waals surface area contributed by atoms with Crippen molar-refractivity contribution < 1.29 is 9.59 Å². The molecule has 1 fully saturated rings. The molecular formula is C25H30N6O2. The fraction of sp³-hybridized carbons (Fsp3) is 0.400. The Labute approximate surface area is 194 Å². The molecule has 0 N–H and O–H groups in total. The Morgan fingerprint density at radius 2 is 1.58 bits per heavy atom. The van der Waals surface area contributed by atoms with E-state index in [-0.39, 0.29) is 11.8 Å². The maximum atomic E-state index is 12.8. The Morgan fingerprint density at radius 1 is 0.909 bits per heavy atom. The lowest BCUT2D eigenvalue weighted by Crippen LogP contribution is -2.50. The second-order valence-electron chi connectivity index (χ2n) is 8.63. The number of hydrogen-bond donors (Lipinski definition) is 0. The van der Waals surface area contributed by atoms with Crippen LogP contribution in [0.3, 0.4) is 0 Å². The summed E-state index contributed by atoms with van der Waals surface area (Å²) in [6, 6.07) is 17.5. The van der Waals surface area contributed by atoms with Gasteiger partial charge in [-0.2, -0.15) is 4.80 Å². The van der Waals surface area contributed by atoms with Crippen LogP contribution in [0.4, 0.5) is 0 Å². The van der Waals surface area contributed by atoms with Gasteiger partial charge in [0.1, 0.15) is 0 Å². The van der Waals surface area contributed by atoms with Crippen LogP contribution in [0.1, 0.15) is 48.5 Å². The van der Waals surface area contributed by atoms with Gasteiger partial charge in [-0.3, -0.25) is 9.59 Å². The molecule has 2 aromatic carbocycles. The fourth-order valence-electron chi connectivity index (χ4n) is 3.92. The molecule has 1 aliphatic heterocycles. The summed E-state index contributed by atoms with van der Waals surface area (Å²) in [4.78, 5) is 30.6. The molecule has 172 valence electrons. The molecule has 2 heterocycles. The molecule has 1 saturated heterocycles. The molecule has 33 heavy (non-hydrogen) atoms. The molecule has 0 bridgehead atoms. The van der Waals surface area contributed by atoms with Gasteiger partial charge < -0.3 is 9.80 Å². The highest BCUT2D eigenvalue weighted by Crippen LogP contribution is 2.17. The average Bonchev–Trinajstić information content (AvgIpc) is 3.33. The number of carbonyl (C=O) groups is 2. The molecule has 8 nitrogen and oxygen atoms in total. The van der Waals surface area contributed by atoms with Crippen molar-refractivity contribution in [1.29, 1.82) is 0 Å². The Hall–Kier alpha value is -3.55. The van der Waals surface area contributed by atoms with E-state index in [1.54, 1.807) is 0 Å². The van der Waals surface area contributed by atoms with Crippen molar-refractivity contribution in [3.05, 3.63) is 65.7 Å². The standard InChI is InChI=1S/C25H30N6O2/c1-19(2)20-10-12-22(13-11-20)25(33)30-17-15-29(16-18-30)23(32)9-6-14-31-27-24(26-28-31)21-7-4-3-5-8-21/h3-5,7-8,10-13,19H,6,9,14-18H2,1-2H3. The summed E-state index contributed by atoms with van der Waals surface area (Å²) in [7, 11) is 0. The van der Waals surface area contributed by atoms with Gasteiger partial charge in [0, 0.05) is 43.7 Å². The number of amides is 2. The first-order chi connectivity index (χ1) is 16.0. The van der Waals surface area contributed by atoms with E-state index >= 15 is 0 Å². The maximum absolute atomic E-state index is 12.8. The molecule has 2 amide bonds. The van der Waals surface area contributed by atoms with Crippen molar-refractivity contribution in [2.75, 3.05) is 26.2 Å². The highest BCUT2D eigenvalue weighted by molar-refractivity contribution is 5.94. The van der Waals surface area contributed by atoms with E-state index in [0.29, 0.717) is 62.9 Å². The fourth-order valence-corrected chi connectivity index (χ4v) is 3.92. The average molecular weight is 447 g/mol. The summed E-state index contributed by atoms with van der Waals surface area (Å²) in [6.45, 7) is 7.05. The number of hydrogen-bond acceptors (Lipinski definition) is 5. The molecule has 0 aliphatic carbocycles. The van der Waals surface area contributed by atoms with E-state index in [2.05, 4.69) is 29.3 Å². The Balaban J connectivity index is 1.21. The maximum Gasteiger partial charge on any atom is 0.253 e. The summed E-state index contributed by atoms with van der Waals surface area (Å²) >= 11 is 0. The lowest BCUT2D eigenvalue weighted by molar-refractivity contribution is -0.132. The first-order valence-electron chi connectivity index (χ1n) is 11.5. The van der Waals surface area contributed by atoms with Crippen LogP contribution in [0, 0.1) is 0 Å². The molecule has 0 spiro atoms. The number of tetrazole rings is 1. The van der Waals surface area contributed by atoms with Gasteiger partial charge in [-0.15, -0.1) is 10.2 Å². The Bertz CT molecular complexity index is 1070. The van der Waals surface area contributed by atoms with E-state index in [1.165, 1.54) is 10.4 Å². The molecule has 0 saturated carbocycles. The van der Waals surface area contributed by atoms with Crippen LogP contribution in [-0.2, 0) is 11.3 Å². The van der Waals surface area contributed by atoms with Crippen LogP contribution >= 0.6 is 0 Å². The second kappa shape index (κ2) is 10.4. The number of carbonyl (C=O) groups excluding carboxylic acids is 2. The Kier molecular flexibility index (Phi) is 7.12. The molecule has 3 aromatic rings. The predicted octanol–water partition coefficient (Wildman–Crippen LogP) is 3.23. The zero-order chi connectivity index (χ0) is 23.2. The van der Waals surface area contributed by atoms with Gasteiger partial charge in [0.15, 0.2) is 0 Å². The topological polar surface area (TPSA) is 84.2 Å². The molecular weight excluding hydrogens is 416 g/mol. The lowest BCUT2D eigenvalue weighted by Gasteiger charge is -2.35. The van der Waals surface area contributed by atoms with Crippen LogP contribution < -0.4 is 0 Å². The van der Waals surface area contributed by atoms with Crippen LogP contribution in [-0.4, -0.2) is 68.0 Å². The molecule has 4 rings (SSSR count). The van der Waals surface area contributed by atoms with Gasteiger partial charge >= 0.3 is 0 Å². The number of aromatic nitrogens is 4. The van der Waals surface area contributed by atoms with Crippen LogP contribution in [0.2, 0.25) is 0 Å². The summed E-state index contributed by atoms with van der Waals surface area (Å²) in [5.74, 6) is 1.16. The van der Waals surface area contributed by atoms with Crippen molar-refractivity contribution in [2.45, 2.75) is 39.2 Å². The second-order valence-corrected chi connectivity index (χ2v) is 8.63. The number of aryl methyl sites for hydroxylation is 1. The first kappa shape index (κ1) is 22.6. The zero-order valence-corrected chi connectivity index (χ0v) is 19.2. The van der Waals surface area contributed by atoms with E-state index in [0.717, 1.165) is 5.56 Å². The summed E-state index contributed by atoms with van der Waals surface area (Å²) in [5, 5.41) is 12.6. The van der Waals surface area contributed by atoms with E-state index in [1.807, 2.05) is 64.4 Å². The normalized spacial score (nSPS) is 14.0. The summed E-state index contributed by atoms with van der Waals surface area (Å²) in [6.07, 6.45) is 1.07. The first-order valence-corrected chi connectivity index (χ1v) is 11.5.